The average molecular weight is 328 g/mol. The fourth-order valence-electron chi connectivity index (χ4n) is 2.95. The molecule has 0 radical (unpaired) electrons. The number of nitrogens with one attached hydrogen (secondary N) is 1. The normalized spacial score (nSPS) is 24.2. The number of rotatable bonds is 4. The van der Waals surface area contributed by atoms with Crippen molar-refractivity contribution in [1.82, 2.24) is 9.62 Å². The third kappa shape index (κ3) is 3.34. The Kier molecular flexibility index (Phi) is 4.00. The number of sulfonamides is 1. The molecule has 0 aliphatic carbocycles. The zero-order valence-corrected chi connectivity index (χ0v) is 13.3. The van der Waals surface area contributed by atoms with E-state index in [4.69, 9.17) is 9.15 Å². The van der Waals surface area contributed by atoms with Crippen LogP contribution in [0.4, 0.5) is 0 Å². The molecular weight excluding hydrogens is 308 g/mol. The van der Waals surface area contributed by atoms with Crippen LogP contribution in [0, 0.1) is 5.92 Å². The average Bonchev–Trinajstić information content (AvgIpc) is 2.96. The van der Waals surface area contributed by atoms with Crippen LogP contribution < -0.4 is 4.72 Å². The largest absolute Gasteiger partial charge is 0.459 e. The summed E-state index contributed by atoms with van der Waals surface area (Å²) in [5.74, 6) is 0.427. The van der Waals surface area contributed by atoms with Crippen molar-refractivity contribution in [2.45, 2.75) is 18.4 Å². The Balaban J connectivity index is 1.46. The fraction of sp³-hybridized carbons (Fsp3) is 0.643. The van der Waals surface area contributed by atoms with Crippen LogP contribution in [0.25, 0.3) is 0 Å². The molecule has 0 bridgehead atoms. The first-order chi connectivity index (χ1) is 10.4. The molecule has 3 rings (SSSR count). The summed E-state index contributed by atoms with van der Waals surface area (Å²) in [7, 11) is -3.16. The van der Waals surface area contributed by atoms with E-state index in [-0.39, 0.29) is 17.4 Å². The van der Waals surface area contributed by atoms with Crippen LogP contribution >= 0.6 is 0 Å². The summed E-state index contributed by atoms with van der Waals surface area (Å²) < 4.78 is 35.7. The lowest BCUT2D eigenvalue weighted by Crippen LogP contribution is -2.66. The van der Waals surface area contributed by atoms with Gasteiger partial charge in [0.25, 0.3) is 5.91 Å². The van der Waals surface area contributed by atoms with Gasteiger partial charge in [0.05, 0.1) is 32.2 Å². The van der Waals surface area contributed by atoms with Crippen molar-refractivity contribution in [1.29, 1.82) is 0 Å². The number of carbonyl (C=O) groups excluding carboxylic acids is 1. The first-order valence-corrected chi connectivity index (χ1v) is 9.17. The zero-order valence-electron chi connectivity index (χ0n) is 12.4. The molecule has 8 heteroatoms. The van der Waals surface area contributed by atoms with E-state index >= 15 is 0 Å². The Morgan fingerprint density at radius 1 is 1.50 bits per heavy atom. The van der Waals surface area contributed by atoms with Crippen molar-refractivity contribution in [3.05, 3.63) is 24.2 Å². The van der Waals surface area contributed by atoms with Gasteiger partial charge in [-0.15, -0.1) is 0 Å². The summed E-state index contributed by atoms with van der Waals surface area (Å²) in [6, 6.07) is 3.35. The molecule has 0 saturated carbocycles. The lowest BCUT2D eigenvalue weighted by molar-refractivity contribution is -0.166. The highest BCUT2D eigenvalue weighted by Crippen LogP contribution is 2.36. The maximum atomic E-state index is 12.1. The van der Waals surface area contributed by atoms with Crippen molar-refractivity contribution in [2.75, 3.05) is 32.5 Å². The Hall–Kier alpha value is -1.38. The fourth-order valence-corrected chi connectivity index (χ4v) is 3.48. The molecule has 2 aliphatic heterocycles. The van der Waals surface area contributed by atoms with Gasteiger partial charge < -0.3 is 14.1 Å². The topological polar surface area (TPSA) is 88.9 Å². The van der Waals surface area contributed by atoms with Crippen molar-refractivity contribution in [3.8, 4) is 0 Å². The quantitative estimate of drug-likeness (QED) is 0.867. The van der Waals surface area contributed by atoms with Gasteiger partial charge in [-0.2, -0.15) is 0 Å². The number of carbonyl (C=O) groups is 1. The van der Waals surface area contributed by atoms with Crippen molar-refractivity contribution >= 4 is 15.9 Å². The molecule has 2 fully saturated rings. The van der Waals surface area contributed by atoms with Gasteiger partial charge in [0.2, 0.25) is 10.0 Å². The molecule has 1 N–H and O–H groups in total. The van der Waals surface area contributed by atoms with Gasteiger partial charge in [0.15, 0.2) is 5.76 Å². The predicted molar refractivity (Wildman–Crippen MR) is 78.9 cm³/mol. The van der Waals surface area contributed by atoms with Crippen LogP contribution in [0.3, 0.4) is 0 Å². The molecule has 7 nitrogen and oxygen atoms in total. The van der Waals surface area contributed by atoms with Gasteiger partial charge in [-0.3, -0.25) is 4.79 Å². The number of likely N-dealkylation sites (tertiary alicyclic amines) is 1. The molecule has 1 aromatic rings. The number of hydrogen-bond donors (Lipinski definition) is 1. The molecule has 1 aromatic heterocycles. The van der Waals surface area contributed by atoms with Gasteiger partial charge in [-0.25, -0.2) is 13.1 Å². The third-order valence-corrected chi connectivity index (χ3v) is 4.94. The van der Waals surface area contributed by atoms with Crippen LogP contribution in [0.5, 0.6) is 0 Å². The second kappa shape index (κ2) is 5.68. The van der Waals surface area contributed by atoms with E-state index in [1.807, 2.05) is 0 Å². The van der Waals surface area contributed by atoms with E-state index in [0.29, 0.717) is 32.0 Å². The number of ether oxygens (including phenoxy) is 1. The molecule has 2 saturated heterocycles. The van der Waals surface area contributed by atoms with E-state index in [1.54, 1.807) is 17.0 Å². The van der Waals surface area contributed by atoms with Crippen LogP contribution in [-0.2, 0) is 14.8 Å². The second-order valence-electron chi connectivity index (χ2n) is 6.16. The first kappa shape index (κ1) is 15.5. The smallest absolute Gasteiger partial charge is 0.289 e. The molecule has 122 valence electrons. The minimum absolute atomic E-state index is 0.111. The highest BCUT2D eigenvalue weighted by atomic mass is 32.2. The Labute approximate surface area is 129 Å². The van der Waals surface area contributed by atoms with Gasteiger partial charge in [-0.05, 0) is 30.9 Å². The molecule has 22 heavy (non-hydrogen) atoms. The standard InChI is InChI=1S/C14H20N2O5S/c1-22(18,19)15-7-11-4-5-14(21-8-11)9-16(10-14)13(17)12-3-2-6-20-12/h2-3,6,11,15H,4-5,7-10H2,1H3. The van der Waals surface area contributed by atoms with E-state index in [0.717, 1.165) is 19.1 Å². The van der Waals surface area contributed by atoms with Crippen LogP contribution in [0.2, 0.25) is 0 Å². The van der Waals surface area contributed by atoms with E-state index in [9.17, 15) is 13.2 Å². The number of furan rings is 1. The second-order valence-corrected chi connectivity index (χ2v) is 7.99. The summed E-state index contributed by atoms with van der Waals surface area (Å²) in [6.07, 6.45) is 4.37. The SMILES string of the molecule is CS(=O)(=O)NCC1CCC2(CN(C(=O)c3ccco3)C2)OC1. The van der Waals surface area contributed by atoms with E-state index in [1.165, 1.54) is 6.26 Å². The maximum Gasteiger partial charge on any atom is 0.289 e. The minimum atomic E-state index is -3.16. The Morgan fingerprint density at radius 2 is 2.27 bits per heavy atom. The maximum absolute atomic E-state index is 12.1. The lowest BCUT2D eigenvalue weighted by atomic mass is 9.83. The summed E-state index contributed by atoms with van der Waals surface area (Å²) in [5.41, 5.74) is -0.260. The zero-order chi connectivity index (χ0) is 15.8. The molecule has 3 heterocycles. The molecular formula is C14H20N2O5S. The number of amides is 1. The summed E-state index contributed by atoms with van der Waals surface area (Å²) >= 11 is 0. The molecule has 1 atom stereocenters. The van der Waals surface area contributed by atoms with E-state index in [2.05, 4.69) is 4.72 Å². The van der Waals surface area contributed by atoms with Crippen LogP contribution in [0.15, 0.2) is 22.8 Å². The summed E-state index contributed by atoms with van der Waals surface area (Å²) in [5, 5.41) is 0. The van der Waals surface area contributed by atoms with Gasteiger partial charge in [0.1, 0.15) is 5.60 Å². The van der Waals surface area contributed by atoms with E-state index < -0.39 is 10.0 Å². The van der Waals surface area contributed by atoms with Gasteiger partial charge in [-0.1, -0.05) is 0 Å². The molecule has 2 aliphatic rings. The summed E-state index contributed by atoms with van der Waals surface area (Å²) in [6.45, 7) is 2.06. The Morgan fingerprint density at radius 3 is 2.82 bits per heavy atom. The van der Waals surface area contributed by atoms with Crippen molar-refractivity contribution in [3.63, 3.8) is 0 Å². The molecule has 1 spiro atoms. The predicted octanol–water partition coefficient (Wildman–Crippen LogP) is 0.450. The molecule has 0 aromatic carbocycles. The van der Waals surface area contributed by atoms with Crippen LogP contribution in [-0.4, -0.2) is 57.3 Å². The Bertz CT molecular complexity index is 624. The highest BCUT2D eigenvalue weighted by Gasteiger charge is 2.48. The lowest BCUT2D eigenvalue weighted by Gasteiger charge is -2.52. The van der Waals surface area contributed by atoms with Gasteiger partial charge in [0, 0.05) is 6.54 Å². The van der Waals surface area contributed by atoms with Crippen molar-refractivity contribution < 1.29 is 22.4 Å². The highest BCUT2D eigenvalue weighted by molar-refractivity contribution is 7.88. The summed E-state index contributed by atoms with van der Waals surface area (Å²) in [4.78, 5) is 13.8. The monoisotopic (exact) mass is 328 g/mol. The van der Waals surface area contributed by atoms with Gasteiger partial charge >= 0.3 is 0 Å². The number of nitrogens with zero attached hydrogens (tertiary/aromatic N) is 1. The molecule has 1 unspecified atom stereocenters. The third-order valence-electron chi connectivity index (χ3n) is 4.24. The van der Waals surface area contributed by atoms with Crippen molar-refractivity contribution in [2.24, 2.45) is 5.92 Å². The first-order valence-electron chi connectivity index (χ1n) is 7.28. The number of hydrogen-bond acceptors (Lipinski definition) is 5. The minimum Gasteiger partial charge on any atom is -0.459 e. The molecule has 1 amide bonds. The van der Waals surface area contributed by atoms with Crippen LogP contribution in [0.1, 0.15) is 23.4 Å².